The topological polar surface area (TPSA) is 190 Å². The summed E-state index contributed by atoms with van der Waals surface area (Å²) in [5.74, 6) is -9.64. The Labute approximate surface area is 133 Å². The molecule has 0 spiro atoms. The van der Waals surface area contributed by atoms with E-state index in [-0.39, 0.29) is 5.56 Å². The SMILES string of the molecule is O=C(O)C(O)C(C(=O)O)(C(=O)O)C(=O)/C=C/c1ccc(O)c(O)c1. The standard InChI is InChI=1S/C14H12O10/c15-7-3-1-6(5-8(7)16)2-4-9(17)14(12(21)22,13(23)24)10(18)11(19)20/h1-5,10,15-16,18H,(H,19,20)(H,21,22)(H,23,24)/b4-2+. The Balaban J connectivity index is 3.33. The van der Waals surface area contributed by atoms with Gasteiger partial charge in [0.15, 0.2) is 23.4 Å². The van der Waals surface area contributed by atoms with Gasteiger partial charge in [-0.2, -0.15) is 0 Å². The molecule has 0 heterocycles. The number of aliphatic hydroxyl groups is 1. The maximum absolute atomic E-state index is 12.0. The molecule has 6 N–H and O–H groups in total. The molecule has 0 aliphatic carbocycles. The quantitative estimate of drug-likeness (QED) is 0.210. The van der Waals surface area contributed by atoms with E-state index in [4.69, 9.17) is 20.4 Å². The molecule has 1 aromatic rings. The van der Waals surface area contributed by atoms with Gasteiger partial charge in [0.2, 0.25) is 0 Å². The van der Waals surface area contributed by atoms with Crippen molar-refractivity contribution in [2.45, 2.75) is 6.10 Å². The van der Waals surface area contributed by atoms with E-state index in [2.05, 4.69) is 0 Å². The number of ketones is 1. The molecule has 1 unspecified atom stereocenters. The minimum Gasteiger partial charge on any atom is -0.504 e. The second kappa shape index (κ2) is 6.79. The molecular weight excluding hydrogens is 328 g/mol. The van der Waals surface area contributed by atoms with Crippen molar-refractivity contribution in [2.75, 3.05) is 0 Å². The maximum atomic E-state index is 12.0. The molecule has 0 radical (unpaired) electrons. The summed E-state index contributed by atoms with van der Waals surface area (Å²) in [7, 11) is 0. The first-order valence-electron chi connectivity index (χ1n) is 6.17. The van der Waals surface area contributed by atoms with Crippen molar-refractivity contribution < 1.29 is 49.8 Å². The fraction of sp³-hybridized carbons (Fsp3) is 0.143. The number of carbonyl (C=O) groups is 4. The van der Waals surface area contributed by atoms with Crippen LogP contribution in [0.5, 0.6) is 11.5 Å². The number of aliphatic carboxylic acids is 3. The summed E-state index contributed by atoms with van der Waals surface area (Å²) in [5, 5.41) is 54.6. The van der Waals surface area contributed by atoms with Crippen LogP contribution in [0.4, 0.5) is 0 Å². The van der Waals surface area contributed by atoms with Crippen molar-refractivity contribution in [1.82, 2.24) is 0 Å². The lowest BCUT2D eigenvalue weighted by Crippen LogP contribution is -2.57. The van der Waals surface area contributed by atoms with Crippen molar-refractivity contribution in [3.05, 3.63) is 29.8 Å². The van der Waals surface area contributed by atoms with E-state index in [1.165, 1.54) is 6.07 Å². The third kappa shape index (κ3) is 3.17. The first kappa shape index (κ1) is 18.6. The Morgan fingerprint density at radius 1 is 0.958 bits per heavy atom. The summed E-state index contributed by atoms with van der Waals surface area (Å²) in [6.07, 6.45) is -1.70. The lowest BCUT2D eigenvalue weighted by atomic mass is 9.77. The van der Waals surface area contributed by atoms with Gasteiger partial charge < -0.3 is 30.6 Å². The van der Waals surface area contributed by atoms with E-state index < -0.39 is 46.7 Å². The predicted molar refractivity (Wildman–Crippen MR) is 75.2 cm³/mol. The van der Waals surface area contributed by atoms with Crippen LogP contribution in [0.1, 0.15) is 5.56 Å². The minimum absolute atomic E-state index is 0.0770. The third-order valence-corrected chi connectivity index (χ3v) is 3.13. The Kier molecular flexibility index (Phi) is 5.28. The monoisotopic (exact) mass is 340 g/mol. The average Bonchev–Trinajstić information content (AvgIpc) is 2.48. The number of carbonyl (C=O) groups excluding carboxylic acids is 1. The molecule has 0 bridgehead atoms. The Hall–Kier alpha value is -3.40. The Morgan fingerprint density at radius 3 is 1.92 bits per heavy atom. The zero-order chi connectivity index (χ0) is 18.7. The van der Waals surface area contributed by atoms with Gasteiger partial charge in [-0.25, -0.2) is 4.79 Å². The lowest BCUT2D eigenvalue weighted by molar-refractivity contribution is -0.183. The van der Waals surface area contributed by atoms with Crippen LogP contribution in [0.25, 0.3) is 6.08 Å². The fourth-order valence-electron chi connectivity index (χ4n) is 1.80. The van der Waals surface area contributed by atoms with Gasteiger partial charge in [0.25, 0.3) is 5.41 Å². The van der Waals surface area contributed by atoms with Crippen LogP contribution >= 0.6 is 0 Å². The van der Waals surface area contributed by atoms with Gasteiger partial charge in [0.1, 0.15) is 0 Å². The summed E-state index contributed by atoms with van der Waals surface area (Å²) in [6.45, 7) is 0. The van der Waals surface area contributed by atoms with E-state index >= 15 is 0 Å². The van der Waals surface area contributed by atoms with Gasteiger partial charge in [-0.05, 0) is 23.8 Å². The molecule has 1 atom stereocenters. The van der Waals surface area contributed by atoms with E-state index in [1.807, 2.05) is 0 Å². The van der Waals surface area contributed by atoms with Gasteiger partial charge in [-0.15, -0.1) is 0 Å². The number of aromatic hydroxyl groups is 2. The first-order valence-corrected chi connectivity index (χ1v) is 6.17. The molecule has 0 fully saturated rings. The highest BCUT2D eigenvalue weighted by Gasteiger charge is 2.61. The zero-order valence-corrected chi connectivity index (χ0v) is 11.8. The molecule has 10 nitrogen and oxygen atoms in total. The van der Waals surface area contributed by atoms with Crippen LogP contribution in [0, 0.1) is 5.41 Å². The number of hydrogen-bond donors (Lipinski definition) is 6. The molecule has 24 heavy (non-hydrogen) atoms. The van der Waals surface area contributed by atoms with E-state index in [0.29, 0.717) is 6.08 Å². The van der Waals surface area contributed by atoms with Gasteiger partial charge in [0, 0.05) is 0 Å². The third-order valence-electron chi connectivity index (χ3n) is 3.13. The molecule has 1 aromatic carbocycles. The van der Waals surface area contributed by atoms with Crippen molar-refractivity contribution in [2.24, 2.45) is 5.41 Å². The summed E-state index contributed by atoms with van der Waals surface area (Å²) >= 11 is 0. The van der Waals surface area contributed by atoms with E-state index in [0.717, 1.165) is 18.2 Å². The number of rotatable bonds is 7. The number of benzene rings is 1. The predicted octanol–water partition coefficient (Wildman–Crippen LogP) is -0.719. The molecule has 128 valence electrons. The number of phenolic OH excluding ortho intramolecular Hbond substituents is 2. The van der Waals surface area contributed by atoms with Gasteiger partial charge in [-0.1, -0.05) is 12.1 Å². The number of carboxylic acids is 3. The lowest BCUT2D eigenvalue weighted by Gasteiger charge is -2.24. The van der Waals surface area contributed by atoms with Crippen LogP contribution in [0.15, 0.2) is 24.3 Å². The number of aliphatic hydroxyl groups excluding tert-OH is 1. The number of phenols is 2. The normalized spacial score (nSPS) is 12.7. The highest BCUT2D eigenvalue weighted by molar-refractivity contribution is 6.26. The van der Waals surface area contributed by atoms with Gasteiger partial charge >= 0.3 is 17.9 Å². The highest BCUT2D eigenvalue weighted by Crippen LogP contribution is 2.28. The molecule has 0 aliphatic heterocycles. The number of carboxylic acid groups (broad SMARTS) is 3. The zero-order valence-electron chi connectivity index (χ0n) is 11.8. The van der Waals surface area contributed by atoms with Crippen molar-refractivity contribution in [1.29, 1.82) is 0 Å². The molecule has 10 heteroatoms. The summed E-state index contributed by atoms with van der Waals surface area (Å²) in [6, 6.07) is 3.23. The van der Waals surface area contributed by atoms with Crippen molar-refractivity contribution >= 4 is 29.8 Å². The highest BCUT2D eigenvalue weighted by atomic mass is 16.4. The molecular formula is C14H12O10. The molecule has 0 aromatic heterocycles. The summed E-state index contributed by atoms with van der Waals surface area (Å²) in [4.78, 5) is 45.3. The smallest absolute Gasteiger partial charge is 0.334 e. The molecule has 0 aliphatic rings. The van der Waals surface area contributed by atoms with Crippen LogP contribution in [-0.2, 0) is 19.2 Å². The largest absolute Gasteiger partial charge is 0.504 e. The van der Waals surface area contributed by atoms with Gasteiger partial charge in [-0.3, -0.25) is 14.4 Å². The second-order valence-electron chi connectivity index (χ2n) is 4.60. The first-order chi connectivity index (χ1) is 11.0. The van der Waals surface area contributed by atoms with Crippen LogP contribution in [0.3, 0.4) is 0 Å². The molecule has 1 rings (SSSR count). The van der Waals surface area contributed by atoms with Crippen LogP contribution < -0.4 is 0 Å². The van der Waals surface area contributed by atoms with E-state index in [9.17, 15) is 29.4 Å². The minimum atomic E-state index is -3.64. The average molecular weight is 340 g/mol. The maximum Gasteiger partial charge on any atom is 0.334 e. The molecule has 0 saturated carbocycles. The second-order valence-corrected chi connectivity index (χ2v) is 4.60. The summed E-state index contributed by atoms with van der Waals surface area (Å²) in [5.41, 5.74) is -3.56. The van der Waals surface area contributed by atoms with Crippen LogP contribution in [-0.4, -0.2) is 60.4 Å². The Bertz CT molecular complexity index is 719. The number of allylic oxidation sites excluding steroid dienone is 1. The van der Waals surface area contributed by atoms with Crippen LogP contribution in [0.2, 0.25) is 0 Å². The molecule has 0 saturated heterocycles. The van der Waals surface area contributed by atoms with Crippen molar-refractivity contribution in [3.8, 4) is 11.5 Å². The number of hydrogen-bond acceptors (Lipinski definition) is 7. The Morgan fingerprint density at radius 2 is 1.50 bits per heavy atom. The summed E-state index contributed by atoms with van der Waals surface area (Å²) < 4.78 is 0. The van der Waals surface area contributed by atoms with Crippen molar-refractivity contribution in [3.63, 3.8) is 0 Å². The van der Waals surface area contributed by atoms with Gasteiger partial charge in [0.05, 0.1) is 0 Å². The fourth-order valence-corrected chi connectivity index (χ4v) is 1.80. The van der Waals surface area contributed by atoms with E-state index in [1.54, 1.807) is 0 Å². The molecule has 0 amide bonds.